The molecule has 13 heteroatoms. The Hall–Kier alpha value is -3.03. The number of carboxylic acids is 1. The molecule has 0 bridgehead atoms. The number of nitrogens with two attached hydrogens (primary N) is 1. The van der Waals surface area contributed by atoms with Crippen molar-refractivity contribution >= 4 is 23.7 Å². The molecule has 1 aliphatic heterocycles. The molecule has 1 fully saturated rings. The molecule has 3 amide bonds. The molecule has 8 N–H and O–H groups in total. The zero-order valence-electron chi connectivity index (χ0n) is 16.2. The normalized spacial score (nSPS) is 19.0. The van der Waals surface area contributed by atoms with Crippen LogP contribution in [-0.2, 0) is 25.6 Å². The minimum atomic E-state index is -1.58. The number of imidazole rings is 1. The molecule has 1 aromatic heterocycles. The maximum atomic E-state index is 12.7. The van der Waals surface area contributed by atoms with Crippen molar-refractivity contribution in [2.75, 3.05) is 19.8 Å². The first-order chi connectivity index (χ1) is 14.3. The Bertz CT molecular complexity index is 756. The summed E-state index contributed by atoms with van der Waals surface area (Å²) in [5.74, 6) is -3.54. The van der Waals surface area contributed by atoms with E-state index in [0.29, 0.717) is 25.1 Å². The number of H-pyrrole nitrogens is 1. The van der Waals surface area contributed by atoms with Crippen molar-refractivity contribution in [1.29, 1.82) is 0 Å². The number of amides is 3. The summed E-state index contributed by atoms with van der Waals surface area (Å²) in [5, 5.41) is 31.6. The van der Waals surface area contributed by atoms with E-state index in [2.05, 4.69) is 15.3 Å². The van der Waals surface area contributed by atoms with Crippen molar-refractivity contribution in [1.82, 2.24) is 25.5 Å². The molecular weight excluding hydrogens is 400 g/mol. The van der Waals surface area contributed by atoms with Gasteiger partial charge in [-0.3, -0.25) is 14.4 Å². The van der Waals surface area contributed by atoms with Crippen LogP contribution in [0.3, 0.4) is 0 Å². The molecule has 1 aliphatic rings. The number of aromatic nitrogens is 2. The van der Waals surface area contributed by atoms with E-state index in [1.165, 1.54) is 11.2 Å². The van der Waals surface area contributed by atoms with Crippen LogP contribution in [0.4, 0.5) is 0 Å². The molecule has 0 aliphatic carbocycles. The highest BCUT2D eigenvalue weighted by Gasteiger charge is 2.37. The third-order valence-electron chi connectivity index (χ3n) is 4.76. The molecule has 1 saturated heterocycles. The first-order valence-electron chi connectivity index (χ1n) is 9.37. The lowest BCUT2D eigenvalue weighted by Crippen LogP contribution is -2.58. The van der Waals surface area contributed by atoms with Crippen molar-refractivity contribution in [3.8, 4) is 0 Å². The maximum Gasteiger partial charge on any atom is 0.328 e. The second-order valence-corrected chi connectivity index (χ2v) is 6.90. The van der Waals surface area contributed by atoms with Gasteiger partial charge < -0.3 is 41.6 Å². The second kappa shape index (κ2) is 10.7. The van der Waals surface area contributed by atoms with E-state index in [4.69, 9.17) is 15.9 Å². The summed E-state index contributed by atoms with van der Waals surface area (Å²) in [6.07, 6.45) is 4.13. The van der Waals surface area contributed by atoms with Crippen LogP contribution in [0.1, 0.15) is 18.5 Å². The molecule has 0 aromatic carbocycles. The number of hydrogen-bond acceptors (Lipinski definition) is 8. The summed E-state index contributed by atoms with van der Waals surface area (Å²) in [6.45, 7) is -1.34. The topological polar surface area (TPSA) is 211 Å². The first kappa shape index (κ1) is 23.3. The summed E-state index contributed by atoms with van der Waals surface area (Å²) in [6, 6.07) is -4.78. The molecule has 13 nitrogen and oxygen atoms in total. The predicted molar refractivity (Wildman–Crippen MR) is 101 cm³/mol. The quantitative estimate of drug-likeness (QED) is 0.196. The first-order valence-corrected chi connectivity index (χ1v) is 9.37. The highest BCUT2D eigenvalue weighted by Crippen LogP contribution is 2.19. The fraction of sp³-hybridized carbons (Fsp3) is 0.588. The Morgan fingerprint density at radius 1 is 1.23 bits per heavy atom. The highest BCUT2D eigenvalue weighted by atomic mass is 16.4. The van der Waals surface area contributed by atoms with E-state index >= 15 is 0 Å². The van der Waals surface area contributed by atoms with Gasteiger partial charge in [0.2, 0.25) is 17.7 Å². The zero-order chi connectivity index (χ0) is 22.3. The average molecular weight is 426 g/mol. The fourth-order valence-corrected chi connectivity index (χ4v) is 3.16. The Morgan fingerprint density at radius 2 is 1.93 bits per heavy atom. The van der Waals surface area contributed by atoms with Crippen LogP contribution in [0, 0.1) is 0 Å². The van der Waals surface area contributed by atoms with Crippen molar-refractivity contribution in [2.45, 2.75) is 43.4 Å². The van der Waals surface area contributed by atoms with Crippen LogP contribution in [0.25, 0.3) is 0 Å². The predicted octanol–water partition coefficient (Wildman–Crippen LogP) is -3.69. The average Bonchev–Trinajstić information content (AvgIpc) is 3.40. The van der Waals surface area contributed by atoms with Gasteiger partial charge in [-0.2, -0.15) is 0 Å². The molecule has 166 valence electrons. The molecule has 30 heavy (non-hydrogen) atoms. The van der Waals surface area contributed by atoms with E-state index in [-0.39, 0.29) is 6.42 Å². The summed E-state index contributed by atoms with van der Waals surface area (Å²) in [5.41, 5.74) is 6.64. The summed E-state index contributed by atoms with van der Waals surface area (Å²) in [7, 11) is 0. The van der Waals surface area contributed by atoms with Gasteiger partial charge in [-0.15, -0.1) is 0 Å². The van der Waals surface area contributed by atoms with Crippen molar-refractivity contribution in [3.05, 3.63) is 18.2 Å². The van der Waals surface area contributed by atoms with Crippen LogP contribution in [-0.4, -0.2) is 97.8 Å². The van der Waals surface area contributed by atoms with Gasteiger partial charge in [-0.05, 0) is 12.8 Å². The number of rotatable bonds is 10. The van der Waals surface area contributed by atoms with Crippen LogP contribution in [0.5, 0.6) is 0 Å². The van der Waals surface area contributed by atoms with Crippen molar-refractivity contribution < 1.29 is 34.5 Å². The number of hydrogen-bond donors (Lipinski definition) is 7. The molecule has 0 spiro atoms. The molecule has 0 radical (unpaired) electrons. The minimum Gasteiger partial charge on any atom is -0.480 e. The lowest BCUT2D eigenvalue weighted by Gasteiger charge is -2.28. The van der Waals surface area contributed by atoms with Crippen molar-refractivity contribution in [2.24, 2.45) is 5.73 Å². The third-order valence-corrected chi connectivity index (χ3v) is 4.76. The molecular formula is C17H26N6O7. The van der Waals surface area contributed by atoms with Crippen LogP contribution >= 0.6 is 0 Å². The smallest absolute Gasteiger partial charge is 0.328 e. The molecule has 2 rings (SSSR count). The number of aliphatic carboxylic acids is 1. The van der Waals surface area contributed by atoms with E-state index in [1.807, 2.05) is 5.32 Å². The standard InChI is InChI=1S/C17H26N6O7/c18-10(4-9-5-19-8-20-9)16(28)23-3-1-2-13(23)15(27)21-11(6-24)14(26)22-12(7-25)17(29)30/h5,8,10-13,24-25H,1-4,6-7,18H2,(H,19,20)(H,21,27)(H,22,26)(H,29,30). The number of carboxylic acid groups (broad SMARTS) is 1. The van der Waals surface area contributed by atoms with Crippen LogP contribution in [0.15, 0.2) is 12.5 Å². The Morgan fingerprint density at radius 3 is 2.50 bits per heavy atom. The van der Waals surface area contributed by atoms with Crippen molar-refractivity contribution in [3.63, 3.8) is 0 Å². The number of likely N-dealkylation sites (tertiary alicyclic amines) is 1. The van der Waals surface area contributed by atoms with Crippen LogP contribution < -0.4 is 16.4 Å². The molecule has 2 heterocycles. The monoisotopic (exact) mass is 426 g/mol. The van der Waals surface area contributed by atoms with Gasteiger partial charge in [0.15, 0.2) is 0 Å². The number of carbonyl (C=O) groups excluding carboxylic acids is 3. The Labute approximate surface area is 171 Å². The fourth-order valence-electron chi connectivity index (χ4n) is 3.16. The van der Waals surface area contributed by atoms with Gasteiger partial charge in [0.1, 0.15) is 18.1 Å². The van der Waals surface area contributed by atoms with E-state index in [1.54, 1.807) is 6.20 Å². The summed E-state index contributed by atoms with van der Waals surface area (Å²) < 4.78 is 0. The Balaban J connectivity index is 1.98. The molecule has 1 aromatic rings. The van der Waals surface area contributed by atoms with Crippen LogP contribution in [0.2, 0.25) is 0 Å². The zero-order valence-corrected chi connectivity index (χ0v) is 16.2. The molecule has 0 saturated carbocycles. The number of aliphatic hydroxyl groups excluding tert-OH is 2. The molecule has 4 atom stereocenters. The number of carbonyl (C=O) groups is 4. The molecule has 4 unspecified atom stereocenters. The Kier molecular flexibility index (Phi) is 8.26. The van der Waals surface area contributed by atoms with Gasteiger partial charge in [-0.1, -0.05) is 0 Å². The van der Waals surface area contributed by atoms with E-state index in [0.717, 1.165) is 0 Å². The van der Waals surface area contributed by atoms with Gasteiger partial charge in [0.25, 0.3) is 0 Å². The number of aliphatic hydroxyl groups is 2. The van der Waals surface area contributed by atoms with Gasteiger partial charge in [-0.25, -0.2) is 9.78 Å². The summed E-state index contributed by atoms with van der Waals surface area (Å²) >= 11 is 0. The number of aromatic amines is 1. The number of nitrogens with one attached hydrogen (secondary N) is 3. The highest BCUT2D eigenvalue weighted by molar-refractivity contribution is 5.94. The maximum absolute atomic E-state index is 12.7. The van der Waals surface area contributed by atoms with Gasteiger partial charge in [0, 0.05) is 24.9 Å². The third kappa shape index (κ3) is 5.75. The largest absolute Gasteiger partial charge is 0.480 e. The lowest BCUT2D eigenvalue weighted by molar-refractivity contribution is -0.144. The SMILES string of the molecule is NC(Cc1cnc[nH]1)C(=O)N1CCCC1C(=O)NC(CO)C(=O)NC(CO)C(=O)O. The minimum absolute atomic E-state index is 0.211. The second-order valence-electron chi connectivity index (χ2n) is 6.90. The summed E-state index contributed by atoms with van der Waals surface area (Å²) in [4.78, 5) is 56.4. The van der Waals surface area contributed by atoms with Gasteiger partial charge >= 0.3 is 5.97 Å². The van der Waals surface area contributed by atoms with E-state index < -0.39 is 61.1 Å². The lowest BCUT2D eigenvalue weighted by atomic mass is 10.1. The van der Waals surface area contributed by atoms with Gasteiger partial charge in [0.05, 0.1) is 25.6 Å². The number of nitrogens with zero attached hydrogens (tertiary/aromatic N) is 2. The van der Waals surface area contributed by atoms with E-state index in [9.17, 15) is 24.3 Å².